The van der Waals surface area contributed by atoms with Crippen molar-refractivity contribution in [1.29, 1.82) is 0 Å². The van der Waals surface area contributed by atoms with Crippen molar-refractivity contribution in [1.82, 2.24) is 15.4 Å². The number of hydrogen-bond acceptors (Lipinski definition) is 2. The summed E-state index contributed by atoms with van der Waals surface area (Å²) in [6.45, 7) is 2.22. The zero-order valence-electron chi connectivity index (χ0n) is 7.01. The van der Waals surface area contributed by atoms with Crippen molar-refractivity contribution >= 4 is 0 Å². The normalized spacial score (nSPS) is 10.3. The van der Waals surface area contributed by atoms with Gasteiger partial charge >= 0.3 is 0 Å². The van der Waals surface area contributed by atoms with Gasteiger partial charge in [-0.2, -0.15) is 0 Å². The van der Waals surface area contributed by atoms with E-state index in [-0.39, 0.29) is 0 Å². The molecular formula is C8H15N3. The Labute approximate surface area is 67.2 Å². The van der Waals surface area contributed by atoms with E-state index in [2.05, 4.69) is 22.3 Å². The lowest BCUT2D eigenvalue weighted by Gasteiger charge is -1.94. The van der Waals surface area contributed by atoms with Crippen LogP contribution in [0.4, 0.5) is 0 Å². The molecule has 0 aliphatic rings. The molecule has 62 valence electrons. The van der Waals surface area contributed by atoms with E-state index in [1.807, 2.05) is 6.20 Å². The molecule has 1 rings (SSSR count). The second-order valence-corrected chi connectivity index (χ2v) is 2.78. The quantitative estimate of drug-likeness (QED) is 0.657. The zero-order chi connectivity index (χ0) is 7.94. The maximum atomic E-state index is 3.91. The van der Waals surface area contributed by atoms with Crippen LogP contribution in [-0.2, 0) is 6.42 Å². The number of rotatable bonds is 5. The lowest BCUT2D eigenvalue weighted by atomic mass is 10.1. The molecule has 0 spiro atoms. The number of aromatic amines is 1. The third-order valence-electron chi connectivity index (χ3n) is 1.75. The molecule has 1 N–H and O–H groups in total. The number of nitrogens with zero attached hydrogens (tertiary/aromatic N) is 2. The smallest absolute Gasteiger partial charge is 0.0824 e. The standard InChI is InChI=1S/C8H15N3/c1-2-3-4-5-6-8-7-9-11-10-8/h7H,2-6H2,1H3,(H,9,10,11). The van der Waals surface area contributed by atoms with Gasteiger partial charge in [0.1, 0.15) is 0 Å². The van der Waals surface area contributed by atoms with Gasteiger partial charge < -0.3 is 0 Å². The first-order chi connectivity index (χ1) is 5.43. The van der Waals surface area contributed by atoms with Crippen LogP contribution < -0.4 is 0 Å². The lowest BCUT2D eigenvalue weighted by molar-refractivity contribution is 0.659. The van der Waals surface area contributed by atoms with Crippen molar-refractivity contribution in [2.45, 2.75) is 39.0 Å². The topological polar surface area (TPSA) is 41.6 Å². The van der Waals surface area contributed by atoms with Gasteiger partial charge in [0.05, 0.1) is 5.69 Å². The largest absolute Gasteiger partial charge is 0.265 e. The Morgan fingerprint density at radius 1 is 1.36 bits per heavy atom. The molecule has 0 saturated carbocycles. The van der Waals surface area contributed by atoms with Crippen LogP contribution in [0.1, 0.15) is 38.3 Å². The Hall–Kier alpha value is -0.860. The van der Waals surface area contributed by atoms with Gasteiger partial charge in [-0.05, 0) is 12.8 Å². The molecule has 0 bridgehead atoms. The van der Waals surface area contributed by atoms with E-state index in [1.165, 1.54) is 25.7 Å². The Morgan fingerprint density at radius 2 is 2.27 bits per heavy atom. The van der Waals surface area contributed by atoms with Crippen molar-refractivity contribution in [3.05, 3.63) is 11.9 Å². The van der Waals surface area contributed by atoms with Crippen LogP contribution in [0.2, 0.25) is 0 Å². The molecule has 1 heterocycles. The molecule has 3 heteroatoms. The predicted octanol–water partition coefficient (Wildman–Crippen LogP) is 1.93. The van der Waals surface area contributed by atoms with Crippen molar-refractivity contribution < 1.29 is 0 Å². The molecule has 11 heavy (non-hydrogen) atoms. The van der Waals surface area contributed by atoms with E-state index in [9.17, 15) is 0 Å². The van der Waals surface area contributed by atoms with Crippen LogP contribution >= 0.6 is 0 Å². The van der Waals surface area contributed by atoms with E-state index in [0.717, 1.165) is 12.1 Å². The van der Waals surface area contributed by atoms with Crippen molar-refractivity contribution in [3.8, 4) is 0 Å². The molecule has 3 nitrogen and oxygen atoms in total. The summed E-state index contributed by atoms with van der Waals surface area (Å²) in [7, 11) is 0. The third-order valence-corrected chi connectivity index (χ3v) is 1.75. The summed E-state index contributed by atoms with van der Waals surface area (Å²) in [5.41, 5.74) is 1.08. The van der Waals surface area contributed by atoms with Gasteiger partial charge in [0, 0.05) is 6.20 Å². The molecule has 0 aromatic carbocycles. The van der Waals surface area contributed by atoms with Gasteiger partial charge in [0.15, 0.2) is 0 Å². The first-order valence-electron chi connectivity index (χ1n) is 4.29. The van der Waals surface area contributed by atoms with Gasteiger partial charge in [-0.1, -0.05) is 31.4 Å². The molecule has 1 aromatic heterocycles. The summed E-state index contributed by atoms with van der Waals surface area (Å²) >= 11 is 0. The highest BCUT2D eigenvalue weighted by atomic mass is 15.3. The fourth-order valence-electron chi connectivity index (χ4n) is 1.08. The van der Waals surface area contributed by atoms with Gasteiger partial charge in [-0.25, -0.2) is 0 Å². The Balaban J connectivity index is 2.04. The van der Waals surface area contributed by atoms with E-state index in [1.54, 1.807) is 0 Å². The number of hydrogen-bond donors (Lipinski definition) is 1. The van der Waals surface area contributed by atoms with Gasteiger partial charge in [0.25, 0.3) is 0 Å². The molecule has 0 amide bonds. The summed E-state index contributed by atoms with van der Waals surface area (Å²) in [4.78, 5) is 0. The van der Waals surface area contributed by atoms with Crippen molar-refractivity contribution in [2.24, 2.45) is 0 Å². The minimum atomic E-state index is 1.07. The van der Waals surface area contributed by atoms with Gasteiger partial charge in [0.2, 0.25) is 0 Å². The molecule has 0 fully saturated rings. The van der Waals surface area contributed by atoms with Crippen LogP contribution in [0.3, 0.4) is 0 Å². The average Bonchev–Trinajstić information content (AvgIpc) is 2.50. The maximum Gasteiger partial charge on any atom is 0.0824 e. The van der Waals surface area contributed by atoms with E-state index >= 15 is 0 Å². The first-order valence-corrected chi connectivity index (χ1v) is 4.29. The molecule has 0 unspecified atom stereocenters. The van der Waals surface area contributed by atoms with Crippen LogP contribution in [0, 0.1) is 0 Å². The molecule has 0 aliphatic carbocycles. The number of aryl methyl sites for hydroxylation is 1. The zero-order valence-corrected chi connectivity index (χ0v) is 7.01. The summed E-state index contributed by atoms with van der Waals surface area (Å²) < 4.78 is 0. The van der Waals surface area contributed by atoms with Crippen LogP contribution in [-0.4, -0.2) is 15.4 Å². The average molecular weight is 153 g/mol. The second kappa shape index (κ2) is 4.88. The summed E-state index contributed by atoms with van der Waals surface area (Å²) in [5.74, 6) is 0. The lowest BCUT2D eigenvalue weighted by Crippen LogP contribution is -1.85. The van der Waals surface area contributed by atoms with Crippen LogP contribution in [0.5, 0.6) is 0 Å². The summed E-state index contributed by atoms with van der Waals surface area (Å²) in [5, 5.41) is 10.3. The highest BCUT2D eigenvalue weighted by molar-refractivity contribution is 4.89. The molecule has 0 atom stereocenters. The Bertz CT molecular complexity index is 169. The monoisotopic (exact) mass is 153 g/mol. The maximum absolute atomic E-state index is 3.91. The summed E-state index contributed by atoms with van der Waals surface area (Å²) in [6, 6.07) is 0. The van der Waals surface area contributed by atoms with Crippen molar-refractivity contribution in [2.75, 3.05) is 0 Å². The second-order valence-electron chi connectivity index (χ2n) is 2.78. The molecule has 0 radical (unpaired) electrons. The number of aromatic nitrogens is 3. The minimum Gasteiger partial charge on any atom is -0.265 e. The summed E-state index contributed by atoms with van der Waals surface area (Å²) in [6.07, 6.45) is 8.10. The first kappa shape index (κ1) is 8.24. The minimum absolute atomic E-state index is 1.07. The van der Waals surface area contributed by atoms with Crippen LogP contribution in [0.15, 0.2) is 6.20 Å². The number of unbranched alkanes of at least 4 members (excludes halogenated alkanes) is 3. The van der Waals surface area contributed by atoms with Gasteiger partial charge in [-0.3, -0.25) is 5.10 Å². The molecular weight excluding hydrogens is 138 g/mol. The SMILES string of the molecule is CCCCCCc1c[nH]nn1. The van der Waals surface area contributed by atoms with Crippen molar-refractivity contribution in [3.63, 3.8) is 0 Å². The molecule has 1 aromatic rings. The van der Waals surface area contributed by atoms with E-state index in [0.29, 0.717) is 0 Å². The highest BCUT2D eigenvalue weighted by Gasteiger charge is 1.94. The predicted molar refractivity (Wildman–Crippen MR) is 44.2 cm³/mol. The number of nitrogens with one attached hydrogen (secondary N) is 1. The van der Waals surface area contributed by atoms with Crippen LogP contribution in [0.25, 0.3) is 0 Å². The number of H-pyrrole nitrogens is 1. The molecule has 0 aliphatic heterocycles. The molecule has 0 saturated heterocycles. The fourth-order valence-corrected chi connectivity index (χ4v) is 1.08. The third kappa shape index (κ3) is 3.16. The van der Waals surface area contributed by atoms with E-state index < -0.39 is 0 Å². The highest BCUT2D eigenvalue weighted by Crippen LogP contribution is 2.03. The fraction of sp³-hybridized carbons (Fsp3) is 0.750. The Morgan fingerprint density at radius 3 is 2.91 bits per heavy atom. The van der Waals surface area contributed by atoms with E-state index in [4.69, 9.17) is 0 Å². The van der Waals surface area contributed by atoms with Gasteiger partial charge in [-0.15, -0.1) is 5.10 Å². The Kier molecular flexibility index (Phi) is 3.65.